The van der Waals surface area contributed by atoms with Crippen LogP contribution >= 0.6 is 0 Å². The zero-order valence-corrected chi connectivity index (χ0v) is 16.0. The molecule has 0 bridgehead atoms. The molecule has 3 heteroatoms. The average Bonchev–Trinajstić information content (AvgIpc) is 2.73. The Balaban J connectivity index is 1.36. The highest BCUT2D eigenvalue weighted by Crippen LogP contribution is 2.40. The van der Waals surface area contributed by atoms with Crippen LogP contribution < -0.4 is 0 Å². The van der Waals surface area contributed by atoms with E-state index >= 15 is 0 Å². The molecule has 0 aliphatic heterocycles. The molecule has 3 rings (SSSR count). The van der Waals surface area contributed by atoms with Gasteiger partial charge in [-0.2, -0.15) is 14.9 Å². The normalized spacial score (nSPS) is 28.9. The van der Waals surface area contributed by atoms with Crippen LogP contribution in [0.25, 0.3) is 0 Å². The minimum absolute atomic E-state index is 0.267. The van der Waals surface area contributed by atoms with Gasteiger partial charge in [-0.05, 0) is 98.8 Å². The van der Waals surface area contributed by atoms with Crippen LogP contribution in [0.2, 0.25) is 0 Å². The Hall–Kier alpha value is -2.13. The lowest BCUT2D eigenvalue weighted by Gasteiger charge is -2.31. The largest absolute Gasteiger partial charge is 0.196 e. The van der Waals surface area contributed by atoms with Gasteiger partial charge in [0.15, 0.2) is 5.83 Å². The predicted octanol–water partition coefficient (Wildman–Crippen LogP) is 6.80. The summed E-state index contributed by atoms with van der Waals surface area (Å²) in [6.45, 7) is 0. The first kappa shape index (κ1) is 19.6. The fraction of sp³-hybridized carbons (Fsp3) is 0.583. The first-order valence-electron chi connectivity index (χ1n) is 10.5. The van der Waals surface area contributed by atoms with Crippen molar-refractivity contribution < 1.29 is 4.39 Å². The van der Waals surface area contributed by atoms with Gasteiger partial charge in [0.1, 0.15) is 6.07 Å². The maximum Gasteiger partial charge on any atom is 0.196 e. The number of hydrogen-bond acceptors (Lipinski definition) is 2. The smallest absolute Gasteiger partial charge is 0.195 e. The fourth-order valence-electron chi connectivity index (χ4n) is 4.97. The van der Waals surface area contributed by atoms with Crippen molar-refractivity contribution in [1.82, 2.24) is 0 Å². The molecule has 0 unspecified atom stereocenters. The second kappa shape index (κ2) is 9.70. The van der Waals surface area contributed by atoms with E-state index in [4.69, 9.17) is 10.5 Å². The van der Waals surface area contributed by atoms with Crippen molar-refractivity contribution in [3.8, 4) is 12.1 Å². The van der Waals surface area contributed by atoms with Gasteiger partial charge in [-0.15, -0.1) is 0 Å². The average molecular weight is 365 g/mol. The van der Waals surface area contributed by atoms with Crippen molar-refractivity contribution in [2.45, 2.75) is 70.1 Å². The summed E-state index contributed by atoms with van der Waals surface area (Å²) in [6.07, 6.45) is 13.8. The first-order valence-corrected chi connectivity index (χ1v) is 10.5. The van der Waals surface area contributed by atoms with E-state index < -0.39 is 5.83 Å². The molecule has 142 valence electrons. The minimum Gasteiger partial charge on any atom is -0.195 e. The minimum atomic E-state index is -0.613. The molecule has 0 spiro atoms. The van der Waals surface area contributed by atoms with Crippen LogP contribution in [-0.2, 0) is 0 Å². The Bertz CT molecular complexity index is 706. The van der Waals surface area contributed by atoms with Gasteiger partial charge in [0, 0.05) is 0 Å². The maximum absolute atomic E-state index is 13.1. The molecule has 1 aromatic rings. The van der Waals surface area contributed by atoms with Gasteiger partial charge in [0.05, 0.1) is 11.6 Å². The molecule has 0 atom stereocenters. The maximum atomic E-state index is 13.1. The van der Waals surface area contributed by atoms with Crippen LogP contribution in [-0.4, -0.2) is 0 Å². The Kier molecular flexibility index (Phi) is 7.05. The first-order chi connectivity index (χ1) is 13.2. The van der Waals surface area contributed by atoms with Gasteiger partial charge in [0.25, 0.3) is 0 Å². The number of nitriles is 2. The zero-order chi connectivity index (χ0) is 19.1. The number of nitrogens with zero attached hydrogens (tertiary/aromatic N) is 2. The van der Waals surface area contributed by atoms with Crippen LogP contribution in [0.1, 0.15) is 81.3 Å². The molecule has 27 heavy (non-hydrogen) atoms. The lowest BCUT2D eigenvalue weighted by atomic mass is 9.74. The van der Waals surface area contributed by atoms with Crippen molar-refractivity contribution in [3.63, 3.8) is 0 Å². The van der Waals surface area contributed by atoms with E-state index in [2.05, 4.69) is 18.2 Å². The molecule has 0 aromatic heterocycles. The molecular weight excluding hydrogens is 335 g/mol. The van der Waals surface area contributed by atoms with Crippen LogP contribution in [0.15, 0.2) is 36.2 Å². The van der Waals surface area contributed by atoms with Crippen molar-refractivity contribution in [1.29, 1.82) is 10.5 Å². The summed E-state index contributed by atoms with van der Waals surface area (Å²) in [6, 6.07) is 11.9. The van der Waals surface area contributed by atoms with Crippen LogP contribution in [0.4, 0.5) is 4.39 Å². The van der Waals surface area contributed by atoms with E-state index in [1.165, 1.54) is 63.0 Å². The quantitative estimate of drug-likeness (QED) is 0.540. The number of allylic oxidation sites excluding steroid dienone is 2. The van der Waals surface area contributed by atoms with E-state index in [9.17, 15) is 4.39 Å². The SMILES string of the molecule is N#C/C(F)=C/C1CCC(CCC2CCC(c3ccc(C#N)cc3)CC2)CC1. The molecule has 1 aromatic carbocycles. The molecule has 0 saturated heterocycles. The Morgan fingerprint density at radius 1 is 0.889 bits per heavy atom. The molecule has 2 aliphatic carbocycles. The van der Waals surface area contributed by atoms with Crippen molar-refractivity contribution in [3.05, 3.63) is 47.3 Å². The summed E-state index contributed by atoms with van der Waals surface area (Å²) < 4.78 is 13.1. The van der Waals surface area contributed by atoms with E-state index in [0.717, 1.165) is 30.2 Å². The van der Waals surface area contributed by atoms with Crippen molar-refractivity contribution in [2.24, 2.45) is 17.8 Å². The molecule has 2 aliphatic rings. The number of rotatable bonds is 5. The van der Waals surface area contributed by atoms with E-state index in [-0.39, 0.29) is 5.92 Å². The molecule has 2 saturated carbocycles. The highest BCUT2D eigenvalue weighted by Gasteiger charge is 2.25. The highest BCUT2D eigenvalue weighted by molar-refractivity contribution is 5.33. The van der Waals surface area contributed by atoms with E-state index in [0.29, 0.717) is 5.92 Å². The van der Waals surface area contributed by atoms with Gasteiger partial charge in [0.2, 0.25) is 0 Å². The second-order valence-electron chi connectivity index (χ2n) is 8.44. The standard InChI is InChI=1S/C24H29FN2/c25-24(17-27)15-20-5-3-18(4-6-20)1-2-19-7-11-22(12-8-19)23-13-9-21(16-26)10-14-23/h9-10,13-15,18-20,22H,1-8,11-12H2/b24-15-. The molecule has 2 fully saturated rings. The summed E-state index contributed by atoms with van der Waals surface area (Å²) in [5, 5.41) is 17.5. The topological polar surface area (TPSA) is 47.6 Å². The third-order valence-corrected chi connectivity index (χ3v) is 6.72. The van der Waals surface area contributed by atoms with Crippen molar-refractivity contribution >= 4 is 0 Å². The zero-order valence-electron chi connectivity index (χ0n) is 16.0. The third kappa shape index (κ3) is 5.67. The summed E-state index contributed by atoms with van der Waals surface area (Å²) in [5.41, 5.74) is 2.14. The van der Waals surface area contributed by atoms with Crippen LogP contribution in [0, 0.1) is 40.4 Å². The molecule has 0 N–H and O–H groups in total. The monoisotopic (exact) mass is 364 g/mol. The Morgan fingerprint density at radius 2 is 1.44 bits per heavy atom. The summed E-state index contributed by atoms with van der Waals surface area (Å²) in [4.78, 5) is 0. The molecule has 2 nitrogen and oxygen atoms in total. The number of hydrogen-bond donors (Lipinski definition) is 0. The molecular formula is C24H29FN2. The van der Waals surface area contributed by atoms with Crippen LogP contribution in [0.3, 0.4) is 0 Å². The van der Waals surface area contributed by atoms with E-state index in [1.54, 1.807) is 6.07 Å². The molecule has 0 heterocycles. The second-order valence-corrected chi connectivity index (χ2v) is 8.44. The lowest BCUT2D eigenvalue weighted by Crippen LogP contribution is -2.17. The Morgan fingerprint density at radius 3 is 1.96 bits per heavy atom. The van der Waals surface area contributed by atoms with Gasteiger partial charge in [-0.3, -0.25) is 0 Å². The highest BCUT2D eigenvalue weighted by atomic mass is 19.1. The van der Waals surface area contributed by atoms with E-state index in [1.807, 2.05) is 12.1 Å². The number of benzene rings is 1. The predicted molar refractivity (Wildman–Crippen MR) is 105 cm³/mol. The van der Waals surface area contributed by atoms with Gasteiger partial charge in [-0.25, -0.2) is 0 Å². The molecule has 0 radical (unpaired) electrons. The van der Waals surface area contributed by atoms with Gasteiger partial charge >= 0.3 is 0 Å². The summed E-state index contributed by atoms with van der Waals surface area (Å²) in [7, 11) is 0. The summed E-state index contributed by atoms with van der Waals surface area (Å²) >= 11 is 0. The lowest BCUT2D eigenvalue weighted by molar-refractivity contribution is 0.245. The number of halogens is 1. The third-order valence-electron chi connectivity index (χ3n) is 6.72. The van der Waals surface area contributed by atoms with Gasteiger partial charge < -0.3 is 0 Å². The van der Waals surface area contributed by atoms with Gasteiger partial charge in [-0.1, -0.05) is 25.0 Å². The molecule has 0 amide bonds. The fourth-order valence-corrected chi connectivity index (χ4v) is 4.97. The summed E-state index contributed by atoms with van der Waals surface area (Å²) in [5.74, 6) is 1.96. The Labute approximate surface area is 162 Å². The van der Waals surface area contributed by atoms with Crippen LogP contribution in [0.5, 0.6) is 0 Å². The van der Waals surface area contributed by atoms with Crippen molar-refractivity contribution in [2.75, 3.05) is 0 Å².